The number of amides is 2. The van der Waals surface area contributed by atoms with E-state index in [9.17, 15) is 9.59 Å². The molecule has 0 radical (unpaired) electrons. The topological polar surface area (TPSA) is 49.4 Å². The van der Waals surface area contributed by atoms with Gasteiger partial charge in [-0.25, -0.2) is 0 Å². The summed E-state index contributed by atoms with van der Waals surface area (Å²) in [6.07, 6.45) is -0.000760. The van der Waals surface area contributed by atoms with Crippen molar-refractivity contribution in [3.05, 3.63) is 68.7 Å². The molecule has 2 amide bonds. The molecule has 1 N–H and O–H groups in total. The molecular weight excluding hydrogens is 431 g/mol. The number of rotatable bonds is 6. The van der Waals surface area contributed by atoms with Crippen LogP contribution in [0.25, 0.3) is 0 Å². The number of hydrogen-bond donors (Lipinski definition) is 1. The van der Waals surface area contributed by atoms with E-state index in [4.69, 9.17) is 34.8 Å². The second kappa shape index (κ2) is 9.84. The van der Waals surface area contributed by atoms with Crippen molar-refractivity contribution in [3.8, 4) is 0 Å². The minimum atomic E-state index is -0.682. The van der Waals surface area contributed by atoms with Gasteiger partial charge in [0.05, 0.1) is 6.42 Å². The molecule has 0 aliphatic rings. The molecule has 0 saturated heterocycles. The Hall–Kier alpha value is -1.75. The first-order valence-corrected chi connectivity index (χ1v) is 10.4. The van der Waals surface area contributed by atoms with Gasteiger partial charge in [-0.05, 0) is 63.1 Å². The van der Waals surface area contributed by atoms with E-state index in [0.29, 0.717) is 20.6 Å². The van der Waals surface area contributed by atoms with Gasteiger partial charge < -0.3 is 10.2 Å². The van der Waals surface area contributed by atoms with Crippen LogP contribution in [0.1, 0.15) is 38.8 Å². The van der Waals surface area contributed by atoms with E-state index in [1.807, 2.05) is 32.9 Å². The molecule has 156 valence electrons. The highest BCUT2D eigenvalue weighted by atomic mass is 35.5. The fourth-order valence-corrected chi connectivity index (χ4v) is 3.45. The zero-order valence-corrected chi connectivity index (χ0v) is 19.2. The van der Waals surface area contributed by atoms with Gasteiger partial charge in [0.1, 0.15) is 6.04 Å². The van der Waals surface area contributed by atoms with E-state index < -0.39 is 11.6 Å². The lowest BCUT2D eigenvalue weighted by atomic mass is 10.1. The molecule has 1 atom stereocenters. The zero-order valence-electron chi connectivity index (χ0n) is 16.9. The van der Waals surface area contributed by atoms with E-state index in [0.717, 1.165) is 5.56 Å². The molecule has 2 rings (SSSR count). The predicted octanol–water partition coefficient (Wildman–Crippen LogP) is 5.52. The zero-order chi connectivity index (χ0) is 21.8. The van der Waals surface area contributed by atoms with Gasteiger partial charge in [0.15, 0.2) is 0 Å². The van der Waals surface area contributed by atoms with Crippen molar-refractivity contribution in [2.24, 2.45) is 0 Å². The van der Waals surface area contributed by atoms with Crippen LogP contribution in [0.5, 0.6) is 0 Å². The van der Waals surface area contributed by atoms with Crippen LogP contribution in [-0.4, -0.2) is 28.3 Å². The average Bonchev–Trinajstić information content (AvgIpc) is 2.62. The predicted molar refractivity (Wildman–Crippen MR) is 120 cm³/mol. The second-order valence-electron chi connectivity index (χ2n) is 7.94. The van der Waals surface area contributed by atoms with Crippen LogP contribution in [0, 0.1) is 0 Å². The summed E-state index contributed by atoms with van der Waals surface area (Å²) in [5, 5.41) is 4.38. The fourth-order valence-electron chi connectivity index (χ4n) is 2.80. The van der Waals surface area contributed by atoms with Crippen LogP contribution in [0.15, 0.2) is 42.5 Å². The van der Waals surface area contributed by atoms with E-state index >= 15 is 0 Å². The molecule has 0 bridgehead atoms. The van der Waals surface area contributed by atoms with Crippen molar-refractivity contribution in [1.82, 2.24) is 10.2 Å². The van der Waals surface area contributed by atoms with Crippen LogP contribution in [0.3, 0.4) is 0 Å². The van der Waals surface area contributed by atoms with Crippen LogP contribution >= 0.6 is 34.8 Å². The van der Waals surface area contributed by atoms with Crippen molar-refractivity contribution in [2.75, 3.05) is 0 Å². The molecule has 0 aromatic heterocycles. The number of carbonyl (C=O) groups is 2. The molecular formula is C22H25Cl3N2O2. The quantitative estimate of drug-likeness (QED) is 0.623. The molecule has 29 heavy (non-hydrogen) atoms. The number of benzene rings is 2. The number of nitrogens with zero attached hydrogens (tertiary/aromatic N) is 1. The molecule has 7 heteroatoms. The number of halogens is 3. The van der Waals surface area contributed by atoms with Gasteiger partial charge in [0, 0.05) is 27.2 Å². The Morgan fingerprint density at radius 2 is 1.55 bits per heavy atom. The summed E-state index contributed by atoms with van der Waals surface area (Å²) in [5.74, 6) is -0.475. The maximum atomic E-state index is 13.2. The minimum absolute atomic E-state index is 0.000760. The highest BCUT2D eigenvalue weighted by Crippen LogP contribution is 2.26. The Bertz CT molecular complexity index is 856. The largest absolute Gasteiger partial charge is 0.350 e. The van der Waals surface area contributed by atoms with E-state index in [1.165, 1.54) is 4.90 Å². The Morgan fingerprint density at radius 3 is 2.07 bits per heavy atom. The maximum absolute atomic E-state index is 13.2. The molecule has 0 aliphatic heterocycles. The molecule has 0 aliphatic carbocycles. The lowest BCUT2D eigenvalue weighted by Crippen LogP contribution is -2.52. The smallest absolute Gasteiger partial charge is 0.242 e. The Kier molecular flexibility index (Phi) is 7.98. The monoisotopic (exact) mass is 454 g/mol. The first-order chi connectivity index (χ1) is 13.5. The summed E-state index contributed by atoms with van der Waals surface area (Å²) in [5.41, 5.74) is 1.00. The van der Waals surface area contributed by atoms with Gasteiger partial charge in [0.25, 0.3) is 0 Å². The number of hydrogen-bond acceptors (Lipinski definition) is 2. The van der Waals surface area contributed by atoms with Gasteiger partial charge in [-0.15, -0.1) is 0 Å². The molecule has 0 unspecified atom stereocenters. The highest BCUT2D eigenvalue weighted by Gasteiger charge is 2.29. The summed E-state index contributed by atoms with van der Waals surface area (Å²) in [4.78, 5) is 27.5. The van der Waals surface area contributed by atoms with Gasteiger partial charge in [-0.1, -0.05) is 53.0 Å². The van der Waals surface area contributed by atoms with Gasteiger partial charge >= 0.3 is 0 Å². The first-order valence-electron chi connectivity index (χ1n) is 9.27. The third-order valence-corrected chi connectivity index (χ3v) is 5.28. The van der Waals surface area contributed by atoms with Crippen LogP contribution < -0.4 is 5.32 Å². The van der Waals surface area contributed by atoms with Gasteiger partial charge in [-0.2, -0.15) is 0 Å². The van der Waals surface area contributed by atoms with Crippen molar-refractivity contribution in [1.29, 1.82) is 0 Å². The van der Waals surface area contributed by atoms with Crippen molar-refractivity contribution < 1.29 is 9.59 Å². The maximum Gasteiger partial charge on any atom is 0.242 e. The second-order valence-corrected chi connectivity index (χ2v) is 9.19. The van der Waals surface area contributed by atoms with E-state index in [1.54, 1.807) is 37.3 Å². The van der Waals surface area contributed by atoms with Crippen LogP contribution in [-0.2, 0) is 22.6 Å². The first kappa shape index (κ1) is 23.5. The average molecular weight is 456 g/mol. The molecule has 2 aromatic rings. The summed E-state index contributed by atoms with van der Waals surface area (Å²) >= 11 is 18.4. The molecule has 0 spiro atoms. The summed E-state index contributed by atoms with van der Waals surface area (Å²) in [7, 11) is 0. The summed E-state index contributed by atoms with van der Waals surface area (Å²) in [6.45, 7) is 7.66. The molecule has 0 fully saturated rings. The summed E-state index contributed by atoms with van der Waals surface area (Å²) in [6, 6.07) is 11.6. The van der Waals surface area contributed by atoms with Gasteiger partial charge in [-0.3, -0.25) is 9.59 Å². The van der Waals surface area contributed by atoms with Crippen molar-refractivity contribution >= 4 is 46.6 Å². The van der Waals surface area contributed by atoms with E-state index in [-0.39, 0.29) is 24.8 Å². The molecule has 0 heterocycles. The Morgan fingerprint density at radius 1 is 1.00 bits per heavy atom. The number of nitrogens with one attached hydrogen (secondary N) is 1. The molecule has 4 nitrogen and oxygen atoms in total. The SMILES string of the molecule is C[C@@H](C(=O)NC(C)(C)C)N(Cc1ccc(Cl)cc1)C(=O)Cc1c(Cl)cccc1Cl. The van der Waals surface area contributed by atoms with Crippen molar-refractivity contribution in [3.63, 3.8) is 0 Å². The van der Waals surface area contributed by atoms with Gasteiger partial charge in [0.2, 0.25) is 11.8 Å². The minimum Gasteiger partial charge on any atom is -0.350 e. The fraction of sp³-hybridized carbons (Fsp3) is 0.364. The lowest BCUT2D eigenvalue weighted by molar-refractivity contribution is -0.140. The Balaban J connectivity index is 2.30. The highest BCUT2D eigenvalue weighted by molar-refractivity contribution is 6.36. The standard InChI is InChI=1S/C22H25Cl3N2O2/c1-14(21(29)26-22(2,3)4)27(13-15-8-10-16(23)11-9-15)20(28)12-17-18(24)6-5-7-19(17)25/h5-11,14H,12-13H2,1-4H3,(H,26,29)/t14-/m0/s1. The van der Waals surface area contributed by atoms with E-state index in [2.05, 4.69) is 5.32 Å². The summed E-state index contributed by atoms with van der Waals surface area (Å²) < 4.78 is 0. The van der Waals surface area contributed by atoms with Crippen molar-refractivity contribution in [2.45, 2.75) is 52.2 Å². The molecule has 2 aromatic carbocycles. The number of carbonyl (C=O) groups excluding carboxylic acids is 2. The third-order valence-electron chi connectivity index (χ3n) is 4.32. The van der Waals surface area contributed by atoms with Crippen LogP contribution in [0.4, 0.5) is 0 Å². The lowest BCUT2D eigenvalue weighted by Gasteiger charge is -2.31. The Labute approximate surface area is 187 Å². The third kappa shape index (κ3) is 6.91. The van der Waals surface area contributed by atoms with Crippen LogP contribution in [0.2, 0.25) is 15.1 Å². The molecule has 0 saturated carbocycles. The normalized spacial score (nSPS) is 12.4.